The second kappa shape index (κ2) is 10.7. The van der Waals surface area contributed by atoms with Crippen molar-refractivity contribution in [1.29, 1.82) is 0 Å². The van der Waals surface area contributed by atoms with Crippen LogP contribution >= 0.6 is 0 Å². The molecule has 2 aromatic carbocycles. The van der Waals surface area contributed by atoms with E-state index >= 15 is 0 Å². The van der Waals surface area contributed by atoms with Gasteiger partial charge in [-0.25, -0.2) is 4.98 Å². The zero-order valence-corrected chi connectivity index (χ0v) is 26.8. The maximum atomic E-state index is 6.41. The molecular formula is C41H42N3O+. The van der Waals surface area contributed by atoms with E-state index in [4.69, 9.17) is 21.0 Å². The summed E-state index contributed by atoms with van der Waals surface area (Å²) < 4.78 is 8.75. The number of rotatable bonds is 3. The number of hydrogen-bond acceptors (Lipinski definition) is 3. The number of aryl methyl sites for hydroxylation is 2. The monoisotopic (exact) mass is 592 g/mol. The largest absolute Gasteiger partial charge is 0.438 e. The third kappa shape index (κ3) is 4.60. The third-order valence-corrected chi connectivity index (χ3v) is 11.2. The Balaban J connectivity index is 1.35. The molecule has 4 nitrogen and oxygen atoms in total. The van der Waals surface area contributed by atoms with Crippen molar-refractivity contribution in [1.82, 2.24) is 4.98 Å². The van der Waals surface area contributed by atoms with Crippen LogP contribution < -0.4 is 4.57 Å². The molecule has 0 radical (unpaired) electrons. The van der Waals surface area contributed by atoms with Crippen molar-refractivity contribution < 1.29 is 8.98 Å². The minimum Gasteiger partial charge on any atom is -0.438 e. The molecule has 0 amide bonds. The highest BCUT2D eigenvalue weighted by molar-refractivity contribution is 6.10. The van der Waals surface area contributed by atoms with E-state index in [1.165, 1.54) is 59.2 Å². The number of allylic oxidation sites excluding steroid dienone is 1. The Morgan fingerprint density at radius 2 is 1.78 bits per heavy atom. The molecule has 5 heterocycles. The fourth-order valence-electron chi connectivity index (χ4n) is 8.50. The fourth-order valence-corrected chi connectivity index (χ4v) is 8.50. The summed E-state index contributed by atoms with van der Waals surface area (Å²) in [5.41, 5.74) is 12.5. The molecule has 45 heavy (non-hydrogen) atoms. The number of hydrogen-bond donors (Lipinski definition) is 0. The maximum absolute atomic E-state index is 6.41. The Bertz CT molecular complexity index is 2040. The van der Waals surface area contributed by atoms with Gasteiger partial charge in [0, 0.05) is 40.1 Å². The van der Waals surface area contributed by atoms with Crippen LogP contribution in [0.1, 0.15) is 86.2 Å². The molecule has 0 spiro atoms. The molecule has 1 aliphatic carbocycles. The van der Waals surface area contributed by atoms with Crippen LogP contribution in [0.25, 0.3) is 39.0 Å². The molecule has 2 atom stereocenters. The number of aromatic nitrogens is 2. The fraction of sp³-hybridized carbons (Fsp3) is 0.341. The predicted octanol–water partition coefficient (Wildman–Crippen LogP) is 9.66. The second-order valence-corrected chi connectivity index (χ2v) is 14.1. The zero-order chi connectivity index (χ0) is 30.9. The molecule has 2 aliphatic heterocycles. The Morgan fingerprint density at radius 1 is 0.956 bits per heavy atom. The van der Waals surface area contributed by atoms with Crippen molar-refractivity contribution >= 4 is 33.5 Å². The molecule has 8 rings (SSSR count). The SMILES string of the molecule is C=CC1=NC2CC(=C)[n+]3ccc(C(C)(C)C4CCCC4)cc3-c3cc4c(cc3CCC2c2ccccc21)oc1nc(C)ccc14. The lowest BCUT2D eigenvalue weighted by atomic mass is 9.72. The van der Waals surface area contributed by atoms with Crippen molar-refractivity contribution in [2.24, 2.45) is 10.9 Å². The Kier molecular flexibility index (Phi) is 6.67. The first-order chi connectivity index (χ1) is 21.8. The van der Waals surface area contributed by atoms with Crippen molar-refractivity contribution in [2.45, 2.75) is 83.1 Å². The minimum absolute atomic E-state index is 0.0954. The van der Waals surface area contributed by atoms with Crippen LogP contribution in [0, 0.1) is 12.8 Å². The first kappa shape index (κ1) is 28.2. The van der Waals surface area contributed by atoms with Crippen LogP contribution in [-0.2, 0) is 11.8 Å². The summed E-state index contributed by atoms with van der Waals surface area (Å²) >= 11 is 0. The van der Waals surface area contributed by atoms with Gasteiger partial charge < -0.3 is 4.42 Å². The van der Waals surface area contributed by atoms with Gasteiger partial charge in [0.05, 0.1) is 23.7 Å². The summed E-state index contributed by atoms with van der Waals surface area (Å²) in [7, 11) is 0. The van der Waals surface area contributed by atoms with Gasteiger partial charge in [0.1, 0.15) is 5.58 Å². The van der Waals surface area contributed by atoms with Gasteiger partial charge in [0.25, 0.3) is 0 Å². The van der Waals surface area contributed by atoms with Crippen molar-refractivity contribution in [3.8, 4) is 11.3 Å². The summed E-state index contributed by atoms with van der Waals surface area (Å²) in [6.07, 6.45) is 12.2. The van der Waals surface area contributed by atoms with Crippen LogP contribution in [0.5, 0.6) is 0 Å². The quantitative estimate of drug-likeness (QED) is 0.196. The van der Waals surface area contributed by atoms with Gasteiger partial charge in [0.2, 0.25) is 11.4 Å². The predicted molar refractivity (Wildman–Crippen MR) is 185 cm³/mol. The zero-order valence-electron chi connectivity index (χ0n) is 26.8. The number of benzene rings is 2. The summed E-state index contributed by atoms with van der Waals surface area (Å²) in [5.74, 6) is 0.986. The lowest BCUT2D eigenvalue weighted by Crippen LogP contribution is -2.39. The summed E-state index contributed by atoms with van der Waals surface area (Å²) in [5, 5.41) is 2.18. The molecule has 1 saturated carbocycles. The minimum atomic E-state index is 0.0954. The van der Waals surface area contributed by atoms with Crippen LogP contribution in [0.4, 0.5) is 0 Å². The lowest BCUT2D eigenvalue weighted by molar-refractivity contribution is -0.571. The maximum Gasteiger partial charge on any atom is 0.227 e. The Hall–Kier alpha value is -4.31. The molecule has 0 bridgehead atoms. The van der Waals surface area contributed by atoms with Crippen molar-refractivity contribution in [3.63, 3.8) is 0 Å². The summed E-state index contributed by atoms with van der Waals surface area (Å²) in [6.45, 7) is 15.8. The number of nitrogens with zero attached hydrogens (tertiary/aromatic N) is 3. The van der Waals surface area contributed by atoms with E-state index in [2.05, 4.69) is 91.9 Å². The van der Waals surface area contributed by atoms with E-state index in [0.29, 0.717) is 11.6 Å². The molecule has 4 heteroatoms. The van der Waals surface area contributed by atoms with E-state index < -0.39 is 0 Å². The topological polar surface area (TPSA) is 42.3 Å². The first-order valence-electron chi connectivity index (χ1n) is 16.7. The molecule has 2 unspecified atom stereocenters. The molecule has 1 fully saturated rings. The van der Waals surface area contributed by atoms with E-state index in [9.17, 15) is 0 Å². The van der Waals surface area contributed by atoms with Gasteiger partial charge in [-0.3, -0.25) is 4.99 Å². The molecule has 5 aromatic rings. The van der Waals surface area contributed by atoms with Gasteiger partial charge in [-0.15, -0.1) is 0 Å². The number of furan rings is 1. The first-order valence-corrected chi connectivity index (χ1v) is 16.7. The Morgan fingerprint density at radius 3 is 2.60 bits per heavy atom. The van der Waals surface area contributed by atoms with E-state index in [0.717, 1.165) is 52.7 Å². The number of aliphatic imine (C=N–C) groups is 1. The third-order valence-electron chi connectivity index (χ3n) is 11.2. The highest BCUT2D eigenvalue weighted by Gasteiger charge is 2.37. The number of pyridine rings is 2. The second-order valence-electron chi connectivity index (χ2n) is 14.1. The Labute approximate surface area is 266 Å². The smallest absolute Gasteiger partial charge is 0.227 e. The molecule has 3 aromatic heterocycles. The average Bonchev–Trinajstić information content (AvgIpc) is 3.71. The lowest BCUT2D eigenvalue weighted by Gasteiger charge is -2.33. The average molecular weight is 593 g/mol. The van der Waals surface area contributed by atoms with Gasteiger partial charge in [-0.1, -0.05) is 57.5 Å². The van der Waals surface area contributed by atoms with Gasteiger partial charge in [-0.05, 0) is 97.6 Å². The highest BCUT2D eigenvalue weighted by Crippen LogP contribution is 2.44. The molecular weight excluding hydrogens is 550 g/mol. The van der Waals surface area contributed by atoms with Crippen LogP contribution in [0.15, 0.2) is 95.5 Å². The molecule has 3 aliphatic rings. The summed E-state index contributed by atoms with van der Waals surface area (Å²) in [4.78, 5) is 10.0. The van der Waals surface area contributed by atoms with Crippen LogP contribution in [-0.4, -0.2) is 16.7 Å². The summed E-state index contributed by atoms with van der Waals surface area (Å²) in [6, 6.07) is 22.5. The van der Waals surface area contributed by atoms with Crippen molar-refractivity contribution in [2.75, 3.05) is 0 Å². The van der Waals surface area contributed by atoms with Gasteiger partial charge >= 0.3 is 0 Å². The normalized spacial score (nSPS) is 20.3. The molecule has 0 saturated heterocycles. The van der Waals surface area contributed by atoms with Gasteiger partial charge in [0.15, 0.2) is 11.9 Å². The van der Waals surface area contributed by atoms with Crippen LogP contribution in [0.2, 0.25) is 0 Å². The van der Waals surface area contributed by atoms with E-state index in [-0.39, 0.29) is 17.4 Å². The van der Waals surface area contributed by atoms with Gasteiger partial charge in [-0.2, -0.15) is 4.57 Å². The van der Waals surface area contributed by atoms with E-state index in [1.807, 2.05) is 13.0 Å². The molecule has 0 N–H and O–H groups in total. The number of fused-ring (bicyclic) bond motifs is 9. The highest BCUT2D eigenvalue weighted by atomic mass is 16.3. The van der Waals surface area contributed by atoms with Crippen molar-refractivity contribution in [3.05, 3.63) is 114 Å². The van der Waals surface area contributed by atoms with Crippen LogP contribution in [0.3, 0.4) is 0 Å². The molecule has 226 valence electrons. The standard InChI is InChI=1S/C41H42N3O/c1-6-36-31-14-10-9-13-30(31)32-18-16-27-22-39-35(33-17-15-25(2)42-40(33)45-39)24-34(27)38-23-29(41(4,5)28-11-7-8-12-28)19-20-44(38)26(3)21-37(32)43-36/h6,9-10,13-15,17,19-20,22-24,28,32,37H,1,3,7-8,11-12,16,18,21H2,2,4-5H3/q+1. The van der Waals surface area contributed by atoms with E-state index in [1.54, 1.807) is 0 Å².